The van der Waals surface area contributed by atoms with Gasteiger partial charge in [0, 0.05) is 22.8 Å². The second kappa shape index (κ2) is 7.69. The third kappa shape index (κ3) is 3.92. The number of aromatic nitrogens is 1. The molecule has 0 unspecified atom stereocenters. The van der Waals surface area contributed by atoms with E-state index in [0.717, 1.165) is 19.3 Å². The van der Waals surface area contributed by atoms with E-state index >= 15 is 0 Å². The number of carbonyl (C=O) groups excluding carboxylic acids is 1. The number of pyridine rings is 1. The van der Waals surface area contributed by atoms with E-state index in [0.29, 0.717) is 39.2 Å². The molecule has 27 heavy (non-hydrogen) atoms. The van der Waals surface area contributed by atoms with Crippen molar-refractivity contribution in [1.29, 1.82) is 0 Å². The van der Waals surface area contributed by atoms with Gasteiger partial charge in [0.15, 0.2) is 10.9 Å². The van der Waals surface area contributed by atoms with Gasteiger partial charge in [-0.15, -0.1) is 0 Å². The molecule has 4 rings (SSSR count). The van der Waals surface area contributed by atoms with Crippen molar-refractivity contribution in [3.8, 4) is 5.75 Å². The number of carbonyl (C=O) groups is 1. The Bertz CT molecular complexity index is 815. The van der Waals surface area contributed by atoms with Gasteiger partial charge in [-0.05, 0) is 73.4 Å². The third-order valence-electron chi connectivity index (χ3n) is 5.81. The highest BCUT2D eigenvalue weighted by molar-refractivity contribution is 6.31. The minimum absolute atomic E-state index is 0.0292. The predicted molar refractivity (Wildman–Crippen MR) is 106 cm³/mol. The number of nitrogens with one attached hydrogen (secondary N) is 1. The monoisotopic (exact) mass is 404 g/mol. The topological polar surface area (TPSA) is 51.2 Å². The highest BCUT2D eigenvalue weighted by Crippen LogP contribution is 2.60. The maximum Gasteiger partial charge on any atom is 0.251 e. The molecule has 1 aromatic carbocycles. The molecule has 0 spiro atoms. The lowest BCUT2D eigenvalue weighted by atomic mass is 10.00. The molecule has 1 heterocycles. The van der Waals surface area contributed by atoms with E-state index < -0.39 is 0 Å². The van der Waals surface area contributed by atoms with Crippen molar-refractivity contribution >= 4 is 29.1 Å². The Kier molecular flexibility index (Phi) is 5.29. The number of halogens is 2. The molecule has 1 aromatic heterocycles. The summed E-state index contributed by atoms with van der Waals surface area (Å²) in [7, 11) is 0. The molecule has 6 heteroatoms. The maximum absolute atomic E-state index is 12.5. The van der Waals surface area contributed by atoms with Gasteiger partial charge in [-0.3, -0.25) is 4.79 Å². The molecule has 3 atom stereocenters. The number of rotatable bonds is 6. The van der Waals surface area contributed by atoms with Crippen molar-refractivity contribution in [3.63, 3.8) is 0 Å². The number of benzene rings is 1. The van der Waals surface area contributed by atoms with Gasteiger partial charge in [0.1, 0.15) is 0 Å². The Morgan fingerprint density at radius 2 is 1.93 bits per heavy atom. The van der Waals surface area contributed by atoms with Crippen LogP contribution in [0.5, 0.6) is 5.75 Å². The van der Waals surface area contributed by atoms with Crippen LogP contribution in [-0.4, -0.2) is 23.0 Å². The summed E-state index contributed by atoms with van der Waals surface area (Å²) in [5.41, 5.74) is 0.649. The zero-order valence-electron chi connectivity index (χ0n) is 15.1. The summed E-state index contributed by atoms with van der Waals surface area (Å²) >= 11 is 12.0. The first-order valence-corrected chi connectivity index (χ1v) is 10.2. The van der Waals surface area contributed by atoms with Gasteiger partial charge in [0.2, 0.25) is 0 Å². The van der Waals surface area contributed by atoms with Crippen molar-refractivity contribution in [2.24, 2.45) is 17.8 Å². The number of ether oxygens (including phenoxy) is 1. The van der Waals surface area contributed by atoms with E-state index in [1.807, 2.05) is 12.1 Å². The van der Waals surface area contributed by atoms with E-state index in [2.05, 4.69) is 17.2 Å². The molecule has 2 aromatic rings. The van der Waals surface area contributed by atoms with Crippen LogP contribution in [0.25, 0.3) is 0 Å². The van der Waals surface area contributed by atoms with Crippen LogP contribution < -0.4 is 10.1 Å². The quantitative estimate of drug-likeness (QED) is 0.688. The zero-order valence-corrected chi connectivity index (χ0v) is 16.6. The van der Waals surface area contributed by atoms with Gasteiger partial charge in [-0.2, -0.15) is 0 Å². The number of fused-ring (bicyclic) bond motifs is 1. The fourth-order valence-corrected chi connectivity index (χ4v) is 4.79. The van der Waals surface area contributed by atoms with Gasteiger partial charge >= 0.3 is 0 Å². The Morgan fingerprint density at radius 1 is 1.22 bits per heavy atom. The number of amides is 1. The molecule has 2 aliphatic rings. The Hall–Kier alpha value is -1.78. The molecule has 142 valence electrons. The molecule has 1 N–H and O–H groups in total. The molecule has 2 fully saturated rings. The average molecular weight is 405 g/mol. The van der Waals surface area contributed by atoms with Crippen LogP contribution in [-0.2, 0) is 0 Å². The van der Waals surface area contributed by atoms with Crippen LogP contribution in [0.15, 0.2) is 42.6 Å². The Labute approximate surface area is 169 Å². The molecule has 1 amide bonds. The molecule has 2 aliphatic carbocycles. The van der Waals surface area contributed by atoms with E-state index in [9.17, 15) is 4.79 Å². The minimum atomic E-state index is -0.0292. The standard InChI is InChI=1S/C21H22Cl2N2O2/c1-2-17(25-21(26)12-5-7-13(22)8-6-12)19-15-10-14(11-16(15)19)27-18-4-3-9-24-20(18)23/h3-9,14-17,19H,2,10-11H2,1H3,(H,25,26)/t14?,15-,16-,17-,19?/m0/s1. The van der Waals surface area contributed by atoms with Crippen LogP contribution in [0.1, 0.15) is 36.5 Å². The molecular weight excluding hydrogens is 383 g/mol. The smallest absolute Gasteiger partial charge is 0.251 e. The van der Waals surface area contributed by atoms with Crippen LogP contribution in [0.3, 0.4) is 0 Å². The SMILES string of the molecule is CC[C@H](NC(=O)c1ccc(Cl)cc1)C1[C@H]2CC(Oc3cccnc3Cl)C[C@H]12. The lowest BCUT2D eigenvalue weighted by molar-refractivity contribution is 0.0924. The first-order valence-electron chi connectivity index (χ1n) is 9.40. The van der Waals surface area contributed by atoms with E-state index in [4.69, 9.17) is 27.9 Å². The lowest BCUT2D eigenvalue weighted by Crippen LogP contribution is -2.37. The fraction of sp³-hybridized carbons (Fsp3) is 0.429. The van der Waals surface area contributed by atoms with Crippen LogP contribution >= 0.6 is 23.2 Å². The van der Waals surface area contributed by atoms with Crippen molar-refractivity contribution in [1.82, 2.24) is 10.3 Å². The summed E-state index contributed by atoms with van der Waals surface area (Å²) in [5.74, 6) is 2.39. The molecule has 0 saturated heterocycles. The summed E-state index contributed by atoms with van der Waals surface area (Å²) < 4.78 is 6.04. The Balaban J connectivity index is 1.32. The average Bonchev–Trinajstić information content (AvgIpc) is 3.16. The molecular formula is C21H22Cl2N2O2. The summed E-state index contributed by atoms with van der Waals surface area (Å²) in [6, 6.07) is 10.9. The van der Waals surface area contributed by atoms with E-state index in [-0.39, 0.29) is 18.1 Å². The summed E-state index contributed by atoms with van der Waals surface area (Å²) in [4.78, 5) is 16.6. The van der Waals surface area contributed by atoms with Gasteiger partial charge in [-0.1, -0.05) is 30.1 Å². The predicted octanol–water partition coefficient (Wildman–Crippen LogP) is 5.00. The molecule has 0 aliphatic heterocycles. The van der Waals surface area contributed by atoms with E-state index in [1.54, 1.807) is 30.5 Å². The highest BCUT2D eigenvalue weighted by Gasteiger charge is 2.59. The largest absolute Gasteiger partial charge is 0.487 e. The summed E-state index contributed by atoms with van der Waals surface area (Å²) in [5, 5.41) is 4.26. The van der Waals surface area contributed by atoms with Crippen molar-refractivity contribution in [3.05, 3.63) is 58.3 Å². The van der Waals surface area contributed by atoms with Gasteiger partial charge < -0.3 is 10.1 Å². The number of hydrogen-bond donors (Lipinski definition) is 1. The van der Waals surface area contributed by atoms with E-state index in [1.165, 1.54) is 0 Å². The van der Waals surface area contributed by atoms with Crippen molar-refractivity contribution in [2.75, 3.05) is 0 Å². The second-order valence-electron chi connectivity index (χ2n) is 7.40. The van der Waals surface area contributed by atoms with Gasteiger partial charge in [-0.25, -0.2) is 4.98 Å². The minimum Gasteiger partial charge on any atom is -0.487 e. The normalized spacial score (nSPS) is 24.9. The fourth-order valence-electron chi connectivity index (χ4n) is 4.50. The second-order valence-corrected chi connectivity index (χ2v) is 8.20. The van der Waals surface area contributed by atoms with Crippen LogP contribution in [0.2, 0.25) is 10.2 Å². The lowest BCUT2D eigenvalue weighted by Gasteiger charge is -2.22. The van der Waals surface area contributed by atoms with Crippen molar-refractivity contribution in [2.45, 2.75) is 38.3 Å². The van der Waals surface area contributed by atoms with Gasteiger partial charge in [0.05, 0.1) is 6.10 Å². The molecule has 0 bridgehead atoms. The first-order chi connectivity index (χ1) is 13.1. The first kappa shape index (κ1) is 18.6. The van der Waals surface area contributed by atoms with Crippen LogP contribution in [0.4, 0.5) is 0 Å². The zero-order chi connectivity index (χ0) is 19.0. The maximum atomic E-state index is 12.5. The molecule has 0 radical (unpaired) electrons. The molecule has 2 saturated carbocycles. The summed E-state index contributed by atoms with van der Waals surface area (Å²) in [6.07, 6.45) is 4.79. The van der Waals surface area contributed by atoms with Gasteiger partial charge in [0.25, 0.3) is 5.91 Å². The number of nitrogens with zero attached hydrogens (tertiary/aromatic N) is 1. The highest BCUT2D eigenvalue weighted by atomic mass is 35.5. The summed E-state index contributed by atoms with van der Waals surface area (Å²) in [6.45, 7) is 2.13. The molecule has 4 nitrogen and oxygen atoms in total. The third-order valence-corrected chi connectivity index (χ3v) is 6.35. The van der Waals surface area contributed by atoms with Crippen LogP contribution in [0, 0.1) is 17.8 Å². The van der Waals surface area contributed by atoms with Crippen molar-refractivity contribution < 1.29 is 9.53 Å². The Morgan fingerprint density at radius 3 is 2.56 bits per heavy atom. The number of hydrogen-bond acceptors (Lipinski definition) is 3.